The monoisotopic (exact) mass is 242 g/mol. The Kier molecular flexibility index (Phi) is 3.37. The Bertz CT molecular complexity index is 513. The molecule has 0 aliphatic carbocycles. The zero-order chi connectivity index (χ0) is 13.2. The van der Waals surface area contributed by atoms with Crippen LogP contribution in [0.3, 0.4) is 0 Å². The molecule has 94 valence electrons. The Morgan fingerprint density at radius 3 is 2.28 bits per heavy atom. The van der Waals surface area contributed by atoms with Gasteiger partial charge in [-0.05, 0) is 22.6 Å². The molecule has 1 aromatic heterocycles. The fourth-order valence-corrected chi connectivity index (χ4v) is 1.83. The van der Waals surface area contributed by atoms with Crippen LogP contribution in [0, 0.1) is 0 Å². The van der Waals surface area contributed by atoms with Gasteiger partial charge in [0.25, 0.3) is 0 Å². The highest BCUT2D eigenvalue weighted by atomic mass is 16.3. The van der Waals surface area contributed by atoms with Gasteiger partial charge < -0.3 is 4.42 Å². The van der Waals surface area contributed by atoms with Crippen LogP contribution in [0.5, 0.6) is 0 Å². The predicted octanol–water partition coefficient (Wildman–Crippen LogP) is 4.00. The van der Waals surface area contributed by atoms with E-state index in [0.29, 0.717) is 12.0 Å². The Morgan fingerprint density at radius 2 is 1.78 bits per heavy atom. The van der Waals surface area contributed by atoms with Crippen LogP contribution in [0.4, 0.5) is 0 Å². The van der Waals surface area contributed by atoms with Crippen molar-refractivity contribution in [3.05, 3.63) is 59.5 Å². The number of hydrogen-bond donors (Lipinski definition) is 0. The van der Waals surface area contributed by atoms with Crippen molar-refractivity contribution in [3.63, 3.8) is 0 Å². The Hall–Kier alpha value is -1.83. The van der Waals surface area contributed by atoms with Crippen LogP contribution in [-0.2, 0) is 11.8 Å². The molecule has 0 N–H and O–H groups in total. The van der Waals surface area contributed by atoms with Crippen LogP contribution in [0.2, 0.25) is 0 Å². The topological polar surface area (TPSA) is 30.2 Å². The molecule has 0 spiro atoms. The molecule has 0 saturated heterocycles. The zero-order valence-corrected chi connectivity index (χ0v) is 11.1. The van der Waals surface area contributed by atoms with E-state index < -0.39 is 0 Å². The van der Waals surface area contributed by atoms with Gasteiger partial charge in [-0.2, -0.15) is 0 Å². The van der Waals surface area contributed by atoms with Crippen molar-refractivity contribution in [1.29, 1.82) is 0 Å². The minimum atomic E-state index is 0.0901. The first kappa shape index (κ1) is 12.6. The first-order valence-corrected chi connectivity index (χ1v) is 6.11. The number of hydrogen-bond acceptors (Lipinski definition) is 2. The summed E-state index contributed by atoms with van der Waals surface area (Å²) < 4.78 is 4.92. The molecule has 0 unspecified atom stereocenters. The highest BCUT2D eigenvalue weighted by molar-refractivity contribution is 5.97. The summed E-state index contributed by atoms with van der Waals surface area (Å²) in [5.74, 6) is 0.0901. The molecule has 0 radical (unpaired) electrons. The molecular weight excluding hydrogens is 224 g/mol. The van der Waals surface area contributed by atoms with Gasteiger partial charge >= 0.3 is 0 Å². The summed E-state index contributed by atoms with van der Waals surface area (Å²) in [7, 11) is 0. The molecule has 0 fully saturated rings. The maximum Gasteiger partial charge on any atom is 0.170 e. The molecule has 0 bridgehead atoms. The van der Waals surface area contributed by atoms with Crippen LogP contribution < -0.4 is 0 Å². The maximum absolute atomic E-state index is 11.9. The second-order valence-electron chi connectivity index (χ2n) is 5.56. The lowest BCUT2D eigenvalue weighted by atomic mass is 9.86. The molecule has 0 aliphatic rings. The Labute approximate surface area is 108 Å². The molecular formula is C16H18O2. The van der Waals surface area contributed by atoms with Crippen molar-refractivity contribution in [2.45, 2.75) is 32.6 Å². The van der Waals surface area contributed by atoms with Crippen LogP contribution >= 0.6 is 0 Å². The lowest BCUT2D eigenvalue weighted by molar-refractivity contribution is 0.0992. The second-order valence-corrected chi connectivity index (χ2v) is 5.56. The van der Waals surface area contributed by atoms with E-state index >= 15 is 0 Å². The lowest BCUT2D eigenvalue weighted by Crippen LogP contribution is -2.11. The molecule has 0 saturated carbocycles. The van der Waals surface area contributed by atoms with Gasteiger partial charge in [-0.3, -0.25) is 4.79 Å². The van der Waals surface area contributed by atoms with Gasteiger partial charge in [0, 0.05) is 6.42 Å². The van der Waals surface area contributed by atoms with Crippen molar-refractivity contribution < 1.29 is 9.21 Å². The molecule has 0 aliphatic heterocycles. The molecule has 1 heterocycles. The van der Waals surface area contributed by atoms with E-state index in [9.17, 15) is 4.79 Å². The third kappa shape index (κ3) is 2.89. The van der Waals surface area contributed by atoms with E-state index in [2.05, 4.69) is 32.9 Å². The van der Waals surface area contributed by atoms with E-state index in [1.54, 1.807) is 6.07 Å². The molecule has 2 aromatic rings. The van der Waals surface area contributed by atoms with Crippen molar-refractivity contribution >= 4 is 5.78 Å². The summed E-state index contributed by atoms with van der Waals surface area (Å²) in [4.78, 5) is 11.9. The predicted molar refractivity (Wildman–Crippen MR) is 71.9 cm³/mol. The van der Waals surface area contributed by atoms with Crippen LogP contribution in [0.15, 0.2) is 47.3 Å². The molecule has 0 amide bonds. The summed E-state index contributed by atoms with van der Waals surface area (Å²) in [5, 5.41) is 0. The van der Waals surface area contributed by atoms with Crippen molar-refractivity contribution in [2.24, 2.45) is 0 Å². The van der Waals surface area contributed by atoms with Crippen LogP contribution in [0.1, 0.15) is 42.3 Å². The van der Waals surface area contributed by atoms with Gasteiger partial charge in [0.15, 0.2) is 5.78 Å². The van der Waals surface area contributed by atoms with E-state index in [0.717, 1.165) is 5.56 Å². The SMILES string of the molecule is CC(C)(C)c1ccc(CC(=O)c2ccoc2)cc1. The van der Waals surface area contributed by atoms with Crippen molar-refractivity contribution in [3.8, 4) is 0 Å². The fourth-order valence-electron chi connectivity index (χ4n) is 1.83. The summed E-state index contributed by atoms with van der Waals surface area (Å²) >= 11 is 0. The van der Waals surface area contributed by atoms with Crippen LogP contribution in [-0.4, -0.2) is 5.78 Å². The summed E-state index contributed by atoms with van der Waals surface area (Å²) in [6, 6.07) is 9.94. The van der Waals surface area contributed by atoms with Gasteiger partial charge in [0.2, 0.25) is 0 Å². The zero-order valence-electron chi connectivity index (χ0n) is 11.1. The van der Waals surface area contributed by atoms with Gasteiger partial charge in [0.05, 0.1) is 11.8 Å². The first-order chi connectivity index (χ1) is 8.47. The number of Topliss-reactive ketones (excluding diaryl/α,β-unsaturated/α-hetero) is 1. The number of carbonyl (C=O) groups excluding carboxylic acids is 1. The minimum Gasteiger partial charge on any atom is -0.472 e. The number of furan rings is 1. The van der Waals surface area contributed by atoms with Crippen molar-refractivity contribution in [1.82, 2.24) is 0 Å². The maximum atomic E-state index is 11.9. The van der Waals surface area contributed by atoms with Crippen LogP contribution in [0.25, 0.3) is 0 Å². The van der Waals surface area contributed by atoms with E-state index in [4.69, 9.17) is 4.42 Å². The molecule has 2 rings (SSSR count). The molecule has 0 atom stereocenters. The minimum absolute atomic E-state index is 0.0901. The quantitative estimate of drug-likeness (QED) is 0.761. The summed E-state index contributed by atoms with van der Waals surface area (Å²) in [5.41, 5.74) is 3.10. The average Bonchev–Trinajstić information content (AvgIpc) is 2.82. The highest BCUT2D eigenvalue weighted by Crippen LogP contribution is 2.22. The second kappa shape index (κ2) is 4.81. The third-order valence-electron chi connectivity index (χ3n) is 3.03. The van der Waals surface area contributed by atoms with Crippen molar-refractivity contribution in [2.75, 3.05) is 0 Å². The normalized spacial score (nSPS) is 11.5. The van der Waals surface area contributed by atoms with E-state index in [1.165, 1.54) is 18.1 Å². The van der Waals surface area contributed by atoms with Gasteiger partial charge in [-0.15, -0.1) is 0 Å². The number of ketones is 1. The number of rotatable bonds is 3. The van der Waals surface area contributed by atoms with E-state index in [-0.39, 0.29) is 11.2 Å². The van der Waals surface area contributed by atoms with Gasteiger partial charge in [-0.1, -0.05) is 45.0 Å². The number of benzene rings is 1. The highest BCUT2D eigenvalue weighted by Gasteiger charge is 2.13. The Morgan fingerprint density at radius 1 is 1.11 bits per heavy atom. The lowest BCUT2D eigenvalue weighted by Gasteiger charge is -2.19. The van der Waals surface area contributed by atoms with E-state index in [1.807, 2.05) is 12.1 Å². The summed E-state index contributed by atoms with van der Waals surface area (Å²) in [6.07, 6.45) is 3.44. The molecule has 18 heavy (non-hydrogen) atoms. The Balaban J connectivity index is 2.09. The smallest absolute Gasteiger partial charge is 0.170 e. The largest absolute Gasteiger partial charge is 0.472 e. The average molecular weight is 242 g/mol. The third-order valence-corrected chi connectivity index (χ3v) is 3.03. The molecule has 2 heteroatoms. The first-order valence-electron chi connectivity index (χ1n) is 6.11. The standard InChI is InChI=1S/C16H18O2/c1-16(2,3)14-6-4-12(5-7-14)10-15(17)13-8-9-18-11-13/h4-9,11H,10H2,1-3H3. The van der Waals surface area contributed by atoms with Gasteiger partial charge in [-0.25, -0.2) is 0 Å². The number of carbonyl (C=O) groups is 1. The molecule has 1 aromatic carbocycles. The fraction of sp³-hybridized carbons (Fsp3) is 0.312. The van der Waals surface area contributed by atoms with Gasteiger partial charge in [0.1, 0.15) is 6.26 Å². The molecule has 2 nitrogen and oxygen atoms in total. The summed E-state index contributed by atoms with van der Waals surface area (Å²) in [6.45, 7) is 6.54.